The Bertz CT molecular complexity index is 404. The van der Waals surface area contributed by atoms with E-state index in [9.17, 15) is 4.39 Å². The number of likely N-dealkylation sites (tertiary alicyclic amines) is 1. The average Bonchev–Trinajstić information content (AvgIpc) is 2.41. The summed E-state index contributed by atoms with van der Waals surface area (Å²) in [5.74, 6) is 0.530. The molecule has 0 aliphatic carbocycles. The van der Waals surface area contributed by atoms with E-state index >= 15 is 0 Å². The highest BCUT2D eigenvalue weighted by Gasteiger charge is 2.30. The largest absolute Gasteiger partial charge is 0.323 e. The Balaban J connectivity index is 2.09. The molecule has 2 rings (SSSR count). The first-order valence-corrected chi connectivity index (χ1v) is 7.26. The molecule has 1 aliphatic rings. The lowest BCUT2D eigenvalue weighted by molar-refractivity contribution is 0.0722. The van der Waals surface area contributed by atoms with E-state index in [1.54, 1.807) is 12.1 Å². The molecular weight excluding hydrogens is 239 g/mol. The molecule has 106 valence electrons. The summed E-state index contributed by atoms with van der Waals surface area (Å²) in [7, 11) is 0. The molecule has 0 bridgehead atoms. The van der Waals surface area contributed by atoms with Crippen LogP contribution in [0.4, 0.5) is 4.39 Å². The molecule has 1 heterocycles. The number of halogens is 1. The predicted octanol–water partition coefficient (Wildman–Crippen LogP) is 3.33. The fraction of sp³-hybridized carbons (Fsp3) is 0.625. The number of benzene rings is 1. The zero-order valence-corrected chi connectivity index (χ0v) is 12.1. The summed E-state index contributed by atoms with van der Waals surface area (Å²) in [4.78, 5) is 2.50. The van der Waals surface area contributed by atoms with Crippen molar-refractivity contribution in [2.45, 2.75) is 51.7 Å². The fourth-order valence-electron chi connectivity index (χ4n) is 3.06. The van der Waals surface area contributed by atoms with E-state index in [2.05, 4.69) is 25.7 Å². The lowest BCUT2D eigenvalue weighted by Crippen LogP contribution is -2.50. The second kappa shape index (κ2) is 6.02. The maximum absolute atomic E-state index is 13.0. The standard InChI is InChI=1S/C16H25FN2/c1-11-4-5-12(2)19(10-11)13(3)16(18)14-6-8-15(17)9-7-14/h6-9,11-13,16H,4-5,10,18H2,1-3H3. The topological polar surface area (TPSA) is 29.3 Å². The van der Waals surface area contributed by atoms with Crippen LogP contribution in [0.5, 0.6) is 0 Å². The lowest BCUT2D eigenvalue weighted by Gasteiger charge is -2.43. The van der Waals surface area contributed by atoms with Gasteiger partial charge in [-0.1, -0.05) is 19.1 Å². The third kappa shape index (κ3) is 3.34. The molecule has 1 fully saturated rings. The van der Waals surface area contributed by atoms with Crippen molar-refractivity contribution in [3.05, 3.63) is 35.6 Å². The second-order valence-electron chi connectivity index (χ2n) is 6.05. The summed E-state index contributed by atoms with van der Waals surface area (Å²) in [5.41, 5.74) is 7.38. The number of nitrogens with two attached hydrogens (primary N) is 1. The quantitative estimate of drug-likeness (QED) is 0.907. The van der Waals surface area contributed by atoms with Gasteiger partial charge in [0.2, 0.25) is 0 Å². The van der Waals surface area contributed by atoms with Crippen molar-refractivity contribution in [3.63, 3.8) is 0 Å². The van der Waals surface area contributed by atoms with E-state index in [0.717, 1.165) is 18.0 Å². The van der Waals surface area contributed by atoms with Gasteiger partial charge in [-0.2, -0.15) is 0 Å². The van der Waals surface area contributed by atoms with Crippen LogP contribution < -0.4 is 5.73 Å². The first-order valence-electron chi connectivity index (χ1n) is 7.26. The molecule has 2 nitrogen and oxygen atoms in total. The number of piperidine rings is 1. The SMILES string of the molecule is CC1CCC(C)N(C(C)C(N)c2ccc(F)cc2)C1. The van der Waals surface area contributed by atoms with E-state index in [4.69, 9.17) is 5.73 Å². The Morgan fingerprint density at radius 3 is 2.47 bits per heavy atom. The number of hydrogen-bond acceptors (Lipinski definition) is 2. The third-order valence-corrected chi connectivity index (χ3v) is 4.46. The van der Waals surface area contributed by atoms with E-state index < -0.39 is 0 Å². The molecule has 1 aromatic carbocycles. The molecule has 19 heavy (non-hydrogen) atoms. The summed E-state index contributed by atoms with van der Waals surface area (Å²) >= 11 is 0. The van der Waals surface area contributed by atoms with Crippen LogP contribution in [-0.2, 0) is 0 Å². The molecule has 1 aromatic rings. The van der Waals surface area contributed by atoms with Gasteiger partial charge in [0, 0.05) is 24.7 Å². The van der Waals surface area contributed by atoms with Crippen LogP contribution in [0, 0.1) is 11.7 Å². The maximum Gasteiger partial charge on any atom is 0.123 e. The summed E-state index contributed by atoms with van der Waals surface area (Å²) in [5, 5.41) is 0. The van der Waals surface area contributed by atoms with Crippen LogP contribution >= 0.6 is 0 Å². The van der Waals surface area contributed by atoms with E-state index in [0.29, 0.717) is 6.04 Å². The monoisotopic (exact) mass is 264 g/mol. The van der Waals surface area contributed by atoms with Crippen molar-refractivity contribution in [3.8, 4) is 0 Å². The van der Waals surface area contributed by atoms with Gasteiger partial charge in [-0.3, -0.25) is 4.90 Å². The minimum absolute atomic E-state index is 0.0617. The zero-order valence-electron chi connectivity index (χ0n) is 12.1. The molecule has 0 spiro atoms. The van der Waals surface area contributed by atoms with Crippen molar-refractivity contribution in [1.29, 1.82) is 0 Å². The Labute approximate surface area is 115 Å². The first kappa shape index (κ1) is 14.5. The predicted molar refractivity (Wildman–Crippen MR) is 77.4 cm³/mol. The Hall–Kier alpha value is -0.930. The highest BCUT2D eigenvalue weighted by molar-refractivity contribution is 5.21. The van der Waals surface area contributed by atoms with Crippen molar-refractivity contribution >= 4 is 0 Å². The van der Waals surface area contributed by atoms with Crippen molar-refractivity contribution < 1.29 is 4.39 Å². The summed E-state index contributed by atoms with van der Waals surface area (Å²) in [6.45, 7) is 7.87. The Kier molecular flexibility index (Phi) is 4.58. The molecule has 2 N–H and O–H groups in total. The molecule has 0 radical (unpaired) electrons. The van der Waals surface area contributed by atoms with Gasteiger partial charge in [0.25, 0.3) is 0 Å². The van der Waals surface area contributed by atoms with Gasteiger partial charge in [-0.15, -0.1) is 0 Å². The summed E-state index contributed by atoms with van der Waals surface area (Å²) in [6.07, 6.45) is 2.54. The normalized spacial score (nSPS) is 28.1. The first-order chi connectivity index (χ1) is 8.99. The minimum Gasteiger partial charge on any atom is -0.323 e. The van der Waals surface area contributed by atoms with Gasteiger partial charge in [-0.05, 0) is 50.3 Å². The summed E-state index contributed by atoms with van der Waals surface area (Å²) in [6, 6.07) is 7.38. The smallest absolute Gasteiger partial charge is 0.123 e. The van der Waals surface area contributed by atoms with Crippen molar-refractivity contribution in [1.82, 2.24) is 4.90 Å². The highest BCUT2D eigenvalue weighted by atomic mass is 19.1. The molecular formula is C16H25FN2. The molecule has 0 saturated carbocycles. The van der Waals surface area contributed by atoms with Crippen LogP contribution in [0.15, 0.2) is 24.3 Å². The van der Waals surface area contributed by atoms with Crippen molar-refractivity contribution in [2.75, 3.05) is 6.54 Å². The number of hydrogen-bond donors (Lipinski definition) is 1. The van der Waals surface area contributed by atoms with Gasteiger partial charge in [-0.25, -0.2) is 4.39 Å². The van der Waals surface area contributed by atoms with E-state index in [1.165, 1.54) is 25.0 Å². The molecule has 1 saturated heterocycles. The Morgan fingerprint density at radius 2 is 1.84 bits per heavy atom. The van der Waals surface area contributed by atoms with Crippen LogP contribution in [0.1, 0.15) is 45.2 Å². The van der Waals surface area contributed by atoms with Gasteiger partial charge < -0.3 is 5.73 Å². The average molecular weight is 264 g/mol. The minimum atomic E-state index is -0.205. The van der Waals surface area contributed by atoms with Gasteiger partial charge in [0.05, 0.1) is 0 Å². The maximum atomic E-state index is 13.0. The molecule has 3 heteroatoms. The number of nitrogens with zero attached hydrogens (tertiary/aromatic N) is 1. The van der Waals surface area contributed by atoms with Gasteiger partial charge >= 0.3 is 0 Å². The van der Waals surface area contributed by atoms with E-state index in [1.807, 2.05) is 0 Å². The molecule has 4 atom stereocenters. The third-order valence-electron chi connectivity index (χ3n) is 4.46. The Morgan fingerprint density at radius 1 is 1.21 bits per heavy atom. The second-order valence-corrected chi connectivity index (χ2v) is 6.05. The fourth-order valence-corrected chi connectivity index (χ4v) is 3.06. The number of rotatable bonds is 3. The molecule has 4 unspecified atom stereocenters. The van der Waals surface area contributed by atoms with Crippen LogP contribution in [0.3, 0.4) is 0 Å². The zero-order chi connectivity index (χ0) is 14.0. The van der Waals surface area contributed by atoms with Gasteiger partial charge in [0.15, 0.2) is 0 Å². The van der Waals surface area contributed by atoms with Gasteiger partial charge in [0.1, 0.15) is 5.82 Å². The molecule has 1 aliphatic heterocycles. The van der Waals surface area contributed by atoms with Crippen LogP contribution in [0.25, 0.3) is 0 Å². The molecule has 0 aromatic heterocycles. The molecule has 0 amide bonds. The van der Waals surface area contributed by atoms with E-state index in [-0.39, 0.29) is 17.9 Å². The van der Waals surface area contributed by atoms with Crippen molar-refractivity contribution in [2.24, 2.45) is 11.7 Å². The highest BCUT2D eigenvalue weighted by Crippen LogP contribution is 2.28. The van der Waals surface area contributed by atoms with Crippen LogP contribution in [-0.4, -0.2) is 23.5 Å². The summed E-state index contributed by atoms with van der Waals surface area (Å²) < 4.78 is 13.0. The lowest BCUT2D eigenvalue weighted by atomic mass is 9.91. The van der Waals surface area contributed by atoms with Crippen LogP contribution in [0.2, 0.25) is 0 Å².